The van der Waals surface area contributed by atoms with Gasteiger partial charge in [-0.15, -0.1) is 0 Å². The van der Waals surface area contributed by atoms with Gasteiger partial charge in [-0.3, -0.25) is 19.2 Å². The highest BCUT2D eigenvalue weighted by Gasteiger charge is 2.42. The van der Waals surface area contributed by atoms with Crippen molar-refractivity contribution in [3.05, 3.63) is 95.6 Å². The minimum absolute atomic E-state index is 0.0114. The van der Waals surface area contributed by atoms with Gasteiger partial charge in [-0.1, -0.05) is 106 Å². The van der Waals surface area contributed by atoms with E-state index in [1.54, 1.807) is 18.2 Å². The molecule has 0 aliphatic heterocycles. The van der Waals surface area contributed by atoms with Crippen LogP contribution in [0.5, 0.6) is 0 Å². The van der Waals surface area contributed by atoms with Crippen LogP contribution in [0.2, 0.25) is 0 Å². The lowest BCUT2D eigenvalue weighted by Gasteiger charge is -2.28. The van der Waals surface area contributed by atoms with Crippen molar-refractivity contribution >= 4 is 23.1 Å². The number of hydrogen-bond acceptors (Lipinski definition) is 4. The van der Waals surface area contributed by atoms with Gasteiger partial charge in [0, 0.05) is 16.5 Å². The minimum atomic E-state index is -0.631. The van der Waals surface area contributed by atoms with Crippen molar-refractivity contribution in [2.45, 2.75) is 64.7 Å². The molecule has 4 heteroatoms. The van der Waals surface area contributed by atoms with E-state index in [0.29, 0.717) is 11.1 Å². The standard InChI is InChI=1S/C33H34O4/c1-32(2,3)30(36)21-29(35)26-13-9-12-25(20-26)23-14-16-27(17-15-23)33(18-7-8-19-33)31(37)22-28(34)24-10-5-4-6-11-24/h4-6,9-17,20H,7-8,18-19,21-22H2,1-3H3. The Morgan fingerprint density at radius 3 is 1.89 bits per heavy atom. The number of carbonyl (C=O) groups is 4. The monoisotopic (exact) mass is 494 g/mol. The second kappa shape index (κ2) is 10.8. The molecule has 0 unspecified atom stereocenters. The van der Waals surface area contributed by atoms with Crippen LogP contribution in [0.3, 0.4) is 0 Å². The first-order valence-corrected chi connectivity index (χ1v) is 13.0. The second-order valence-corrected chi connectivity index (χ2v) is 11.1. The van der Waals surface area contributed by atoms with Gasteiger partial charge >= 0.3 is 0 Å². The van der Waals surface area contributed by atoms with Crippen LogP contribution in [0.4, 0.5) is 0 Å². The first kappa shape index (κ1) is 26.4. The fourth-order valence-corrected chi connectivity index (χ4v) is 5.12. The quantitative estimate of drug-likeness (QED) is 0.233. The van der Waals surface area contributed by atoms with Crippen molar-refractivity contribution in [2.75, 3.05) is 0 Å². The number of carbonyl (C=O) groups excluding carboxylic acids is 4. The number of rotatable bonds is 9. The largest absolute Gasteiger partial charge is 0.299 e. The van der Waals surface area contributed by atoms with Gasteiger partial charge in [-0.25, -0.2) is 0 Å². The van der Waals surface area contributed by atoms with Crippen molar-refractivity contribution in [1.29, 1.82) is 0 Å². The first-order valence-electron chi connectivity index (χ1n) is 13.0. The Hall–Kier alpha value is -3.66. The van der Waals surface area contributed by atoms with Crippen LogP contribution in [0.1, 0.15) is 85.6 Å². The zero-order chi connectivity index (χ0) is 26.6. The van der Waals surface area contributed by atoms with Crippen LogP contribution < -0.4 is 0 Å². The maximum absolute atomic E-state index is 13.5. The molecular weight excluding hydrogens is 460 g/mol. The van der Waals surface area contributed by atoms with Crippen LogP contribution in [0, 0.1) is 5.41 Å². The fraction of sp³-hybridized carbons (Fsp3) is 0.333. The molecule has 0 aromatic heterocycles. The van der Waals surface area contributed by atoms with Gasteiger partial charge in [0.05, 0.1) is 18.3 Å². The summed E-state index contributed by atoms with van der Waals surface area (Å²) in [6.07, 6.45) is 3.22. The van der Waals surface area contributed by atoms with Crippen molar-refractivity contribution in [2.24, 2.45) is 5.41 Å². The second-order valence-electron chi connectivity index (χ2n) is 11.1. The molecule has 0 amide bonds. The number of ketones is 4. The normalized spacial score (nSPS) is 14.8. The summed E-state index contributed by atoms with van der Waals surface area (Å²) in [5.41, 5.74) is 2.66. The highest BCUT2D eigenvalue weighted by molar-refractivity contribution is 6.11. The van der Waals surface area contributed by atoms with E-state index in [2.05, 4.69) is 0 Å². The molecule has 0 heterocycles. The van der Waals surface area contributed by atoms with Crippen molar-refractivity contribution < 1.29 is 19.2 Å². The topological polar surface area (TPSA) is 68.3 Å². The van der Waals surface area contributed by atoms with Crippen LogP contribution in [-0.4, -0.2) is 23.1 Å². The van der Waals surface area contributed by atoms with Crippen molar-refractivity contribution in [1.82, 2.24) is 0 Å². The Morgan fingerprint density at radius 2 is 1.27 bits per heavy atom. The number of benzene rings is 3. The molecular formula is C33H34O4. The molecule has 4 rings (SSSR count). The van der Waals surface area contributed by atoms with E-state index in [4.69, 9.17) is 0 Å². The molecule has 1 fully saturated rings. The molecule has 37 heavy (non-hydrogen) atoms. The molecule has 0 N–H and O–H groups in total. The first-order chi connectivity index (χ1) is 17.6. The fourth-order valence-electron chi connectivity index (χ4n) is 5.12. The Labute approximate surface area is 219 Å². The molecule has 1 saturated carbocycles. The lowest BCUT2D eigenvalue weighted by atomic mass is 9.73. The summed E-state index contributed by atoms with van der Waals surface area (Å²) in [5.74, 6) is -0.413. The van der Waals surface area contributed by atoms with E-state index in [1.807, 2.05) is 81.4 Å². The maximum atomic E-state index is 13.5. The highest BCUT2D eigenvalue weighted by Crippen LogP contribution is 2.43. The molecule has 0 atom stereocenters. The zero-order valence-electron chi connectivity index (χ0n) is 21.9. The van der Waals surface area contributed by atoms with E-state index in [0.717, 1.165) is 42.4 Å². The molecule has 0 bridgehead atoms. The summed E-state index contributed by atoms with van der Waals surface area (Å²) in [6.45, 7) is 5.46. The van der Waals surface area contributed by atoms with Gasteiger partial charge in [-0.2, -0.15) is 0 Å². The molecule has 0 saturated heterocycles. The molecule has 3 aromatic carbocycles. The molecule has 3 aromatic rings. The van der Waals surface area contributed by atoms with E-state index >= 15 is 0 Å². The third kappa shape index (κ3) is 5.85. The molecule has 0 spiro atoms. The lowest BCUT2D eigenvalue weighted by Crippen LogP contribution is -2.34. The summed E-state index contributed by atoms with van der Waals surface area (Å²) in [7, 11) is 0. The lowest BCUT2D eigenvalue weighted by molar-refractivity contribution is -0.125. The van der Waals surface area contributed by atoms with E-state index < -0.39 is 10.8 Å². The smallest absolute Gasteiger partial charge is 0.170 e. The third-order valence-electron chi connectivity index (χ3n) is 7.52. The number of Topliss-reactive ketones (excluding diaryl/α,β-unsaturated/α-hetero) is 4. The van der Waals surface area contributed by atoms with Crippen LogP contribution in [0.15, 0.2) is 78.9 Å². The van der Waals surface area contributed by atoms with Crippen molar-refractivity contribution in [3.8, 4) is 11.1 Å². The SMILES string of the molecule is CC(C)(C)C(=O)CC(=O)c1cccc(-c2ccc(C3(C(=O)CC(=O)c4ccccc4)CCCC3)cc2)c1. The van der Waals surface area contributed by atoms with E-state index in [-0.39, 0.29) is 36.0 Å². The van der Waals surface area contributed by atoms with Gasteiger partial charge in [0.2, 0.25) is 0 Å². The minimum Gasteiger partial charge on any atom is -0.299 e. The van der Waals surface area contributed by atoms with Crippen LogP contribution >= 0.6 is 0 Å². The Morgan fingerprint density at radius 1 is 0.676 bits per heavy atom. The average Bonchev–Trinajstić information content (AvgIpc) is 3.40. The van der Waals surface area contributed by atoms with Crippen LogP contribution in [0.25, 0.3) is 11.1 Å². The predicted molar refractivity (Wildman–Crippen MR) is 146 cm³/mol. The van der Waals surface area contributed by atoms with Crippen LogP contribution in [-0.2, 0) is 15.0 Å². The molecule has 190 valence electrons. The Kier molecular flexibility index (Phi) is 7.68. The van der Waals surface area contributed by atoms with Gasteiger partial charge < -0.3 is 0 Å². The Bertz CT molecular complexity index is 1300. The van der Waals surface area contributed by atoms with Gasteiger partial charge in [0.25, 0.3) is 0 Å². The highest BCUT2D eigenvalue weighted by atomic mass is 16.2. The molecule has 0 radical (unpaired) electrons. The van der Waals surface area contributed by atoms with E-state index in [9.17, 15) is 19.2 Å². The van der Waals surface area contributed by atoms with Gasteiger partial charge in [0.15, 0.2) is 17.3 Å². The molecule has 4 nitrogen and oxygen atoms in total. The molecule has 1 aliphatic carbocycles. The van der Waals surface area contributed by atoms with Crippen molar-refractivity contribution in [3.63, 3.8) is 0 Å². The Balaban J connectivity index is 1.54. The summed E-state index contributed by atoms with van der Waals surface area (Å²) >= 11 is 0. The summed E-state index contributed by atoms with van der Waals surface area (Å²) in [5, 5.41) is 0. The summed E-state index contributed by atoms with van der Waals surface area (Å²) in [6, 6.07) is 24.3. The summed E-state index contributed by atoms with van der Waals surface area (Å²) in [4.78, 5) is 51.3. The zero-order valence-corrected chi connectivity index (χ0v) is 21.9. The maximum Gasteiger partial charge on any atom is 0.170 e. The van der Waals surface area contributed by atoms with E-state index in [1.165, 1.54) is 0 Å². The summed E-state index contributed by atoms with van der Waals surface area (Å²) < 4.78 is 0. The molecule has 1 aliphatic rings. The third-order valence-corrected chi connectivity index (χ3v) is 7.52. The van der Waals surface area contributed by atoms with Gasteiger partial charge in [-0.05, 0) is 35.6 Å². The number of hydrogen-bond donors (Lipinski definition) is 0. The van der Waals surface area contributed by atoms with Gasteiger partial charge in [0.1, 0.15) is 5.78 Å². The predicted octanol–water partition coefficient (Wildman–Crippen LogP) is 7.20. The average molecular weight is 495 g/mol.